The fourth-order valence-electron chi connectivity index (χ4n) is 2.13. The summed E-state index contributed by atoms with van der Waals surface area (Å²) in [4.78, 5) is 0. The number of sulfonamides is 1. The molecule has 0 saturated carbocycles. The van der Waals surface area contributed by atoms with E-state index in [-0.39, 0.29) is 0 Å². The van der Waals surface area contributed by atoms with Crippen molar-refractivity contribution in [1.82, 2.24) is 5.32 Å². The molecule has 0 radical (unpaired) electrons. The zero-order chi connectivity index (χ0) is 17.4. The molecule has 0 heterocycles. The van der Waals surface area contributed by atoms with E-state index in [4.69, 9.17) is 4.74 Å². The molecule has 0 amide bonds. The molecule has 0 aliphatic carbocycles. The molecule has 1 atom stereocenters. The van der Waals surface area contributed by atoms with Crippen LogP contribution in [0.15, 0.2) is 54.6 Å². The van der Waals surface area contributed by atoms with E-state index in [0.717, 1.165) is 17.6 Å². The number of nitrogens with one attached hydrogen (secondary N) is 2. The van der Waals surface area contributed by atoms with E-state index in [2.05, 4.69) is 10.0 Å². The molecule has 1 unspecified atom stereocenters. The van der Waals surface area contributed by atoms with E-state index in [1.54, 1.807) is 24.3 Å². The summed E-state index contributed by atoms with van der Waals surface area (Å²) in [5, 5.41) is 13.0. The van der Waals surface area contributed by atoms with Crippen molar-refractivity contribution in [3.8, 4) is 5.75 Å². The van der Waals surface area contributed by atoms with Crippen LogP contribution in [0.25, 0.3) is 0 Å². The molecular formula is C17H22N2O4S. The Kier molecular flexibility index (Phi) is 6.60. The molecule has 0 aliphatic heterocycles. The molecule has 2 aromatic carbocycles. The second-order valence-corrected chi connectivity index (χ2v) is 7.16. The van der Waals surface area contributed by atoms with E-state index in [1.165, 1.54) is 0 Å². The molecule has 24 heavy (non-hydrogen) atoms. The van der Waals surface area contributed by atoms with E-state index in [9.17, 15) is 13.5 Å². The molecule has 0 fully saturated rings. The van der Waals surface area contributed by atoms with Crippen molar-refractivity contribution in [2.75, 3.05) is 24.1 Å². The molecule has 3 N–H and O–H groups in total. The van der Waals surface area contributed by atoms with Crippen LogP contribution in [0.5, 0.6) is 5.75 Å². The normalized spacial score (nSPS) is 12.6. The standard InChI is InChI=1S/C17H22N2O4S/c1-24(21,22)19-15-9-7-14(8-10-15)13-17(20)18-11-12-23-16-5-3-2-4-6-16/h2-10,17-20H,11-13H2,1H3. The van der Waals surface area contributed by atoms with Crippen LogP contribution in [0.4, 0.5) is 5.69 Å². The number of ether oxygens (including phenoxy) is 1. The smallest absolute Gasteiger partial charge is 0.229 e. The second kappa shape index (κ2) is 8.68. The van der Waals surface area contributed by atoms with Crippen molar-refractivity contribution >= 4 is 15.7 Å². The fourth-order valence-corrected chi connectivity index (χ4v) is 2.69. The third-order valence-electron chi connectivity index (χ3n) is 3.18. The predicted molar refractivity (Wildman–Crippen MR) is 94.6 cm³/mol. The third-order valence-corrected chi connectivity index (χ3v) is 3.79. The number of benzene rings is 2. The number of aliphatic hydroxyl groups is 1. The van der Waals surface area contributed by atoms with Crippen molar-refractivity contribution in [3.05, 3.63) is 60.2 Å². The number of rotatable bonds is 9. The van der Waals surface area contributed by atoms with Gasteiger partial charge >= 0.3 is 0 Å². The summed E-state index contributed by atoms with van der Waals surface area (Å²) in [7, 11) is -3.28. The van der Waals surface area contributed by atoms with Gasteiger partial charge in [0.05, 0.1) is 6.26 Å². The van der Waals surface area contributed by atoms with Gasteiger partial charge in [-0.25, -0.2) is 8.42 Å². The Labute approximate surface area is 142 Å². The number of para-hydroxylation sites is 1. The van der Waals surface area contributed by atoms with Crippen LogP contribution in [-0.2, 0) is 16.4 Å². The van der Waals surface area contributed by atoms with Gasteiger partial charge in [0, 0.05) is 18.7 Å². The van der Waals surface area contributed by atoms with Gasteiger partial charge in [0.25, 0.3) is 0 Å². The third kappa shape index (κ3) is 6.99. The summed E-state index contributed by atoms with van der Waals surface area (Å²) < 4.78 is 30.2. The van der Waals surface area contributed by atoms with E-state index >= 15 is 0 Å². The van der Waals surface area contributed by atoms with Crippen molar-refractivity contribution in [1.29, 1.82) is 0 Å². The summed E-state index contributed by atoms with van der Waals surface area (Å²) in [6, 6.07) is 16.4. The molecule has 7 heteroatoms. The topological polar surface area (TPSA) is 87.7 Å². The molecular weight excluding hydrogens is 328 g/mol. The SMILES string of the molecule is CS(=O)(=O)Nc1ccc(CC(O)NCCOc2ccccc2)cc1. The minimum Gasteiger partial charge on any atom is -0.492 e. The van der Waals surface area contributed by atoms with Gasteiger partial charge in [0.2, 0.25) is 10.0 Å². The van der Waals surface area contributed by atoms with Gasteiger partial charge in [0.1, 0.15) is 18.6 Å². The first-order chi connectivity index (χ1) is 11.4. The Bertz CT molecular complexity index is 718. The lowest BCUT2D eigenvalue weighted by molar-refractivity contribution is 0.130. The van der Waals surface area contributed by atoms with E-state index in [0.29, 0.717) is 25.3 Å². The second-order valence-electron chi connectivity index (χ2n) is 5.41. The van der Waals surface area contributed by atoms with Crippen molar-refractivity contribution in [2.24, 2.45) is 0 Å². The van der Waals surface area contributed by atoms with Crippen molar-refractivity contribution in [2.45, 2.75) is 12.6 Å². The molecule has 0 spiro atoms. The maximum absolute atomic E-state index is 11.1. The highest BCUT2D eigenvalue weighted by molar-refractivity contribution is 7.92. The number of hydrogen-bond acceptors (Lipinski definition) is 5. The van der Waals surface area contributed by atoms with Crippen LogP contribution in [0.3, 0.4) is 0 Å². The molecule has 2 aromatic rings. The highest BCUT2D eigenvalue weighted by atomic mass is 32.2. The fraction of sp³-hybridized carbons (Fsp3) is 0.294. The lowest BCUT2D eigenvalue weighted by atomic mass is 10.1. The zero-order valence-electron chi connectivity index (χ0n) is 13.5. The van der Waals surface area contributed by atoms with Crippen LogP contribution in [-0.4, -0.2) is 39.2 Å². The van der Waals surface area contributed by atoms with E-state index in [1.807, 2.05) is 30.3 Å². The molecule has 0 saturated heterocycles. The summed E-state index contributed by atoms with van der Waals surface area (Å²) >= 11 is 0. The summed E-state index contributed by atoms with van der Waals surface area (Å²) in [5.74, 6) is 0.794. The lowest BCUT2D eigenvalue weighted by Gasteiger charge is -2.14. The minimum absolute atomic E-state index is 0.421. The monoisotopic (exact) mass is 350 g/mol. The highest BCUT2D eigenvalue weighted by Crippen LogP contribution is 2.12. The van der Waals surface area contributed by atoms with Crippen LogP contribution in [0.1, 0.15) is 5.56 Å². The Morgan fingerprint density at radius 1 is 1.08 bits per heavy atom. The maximum Gasteiger partial charge on any atom is 0.229 e. The minimum atomic E-state index is -3.28. The lowest BCUT2D eigenvalue weighted by Crippen LogP contribution is -2.34. The van der Waals surface area contributed by atoms with Crippen molar-refractivity contribution in [3.63, 3.8) is 0 Å². The molecule has 6 nitrogen and oxygen atoms in total. The largest absolute Gasteiger partial charge is 0.492 e. The van der Waals surface area contributed by atoms with Crippen LogP contribution in [0, 0.1) is 0 Å². The van der Waals surface area contributed by atoms with E-state index < -0.39 is 16.3 Å². The number of hydrogen-bond donors (Lipinski definition) is 3. The van der Waals surface area contributed by atoms with Gasteiger partial charge < -0.3 is 9.84 Å². The average molecular weight is 350 g/mol. The van der Waals surface area contributed by atoms with Crippen LogP contribution < -0.4 is 14.8 Å². The molecule has 2 rings (SSSR count). The summed E-state index contributed by atoms with van der Waals surface area (Å²) in [6.07, 6.45) is 0.828. The van der Waals surface area contributed by atoms with Gasteiger partial charge in [-0.1, -0.05) is 30.3 Å². The Balaban J connectivity index is 1.71. The highest BCUT2D eigenvalue weighted by Gasteiger charge is 2.06. The van der Waals surface area contributed by atoms with Gasteiger partial charge in [-0.3, -0.25) is 10.0 Å². The number of aliphatic hydroxyl groups excluding tert-OH is 1. The zero-order valence-corrected chi connectivity index (χ0v) is 14.3. The molecule has 0 bridgehead atoms. The van der Waals surface area contributed by atoms with Crippen LogP contribution >= 0.6 is 0 Å². The Morgan fingerprint density at radius 3 is 2.38 bits per heavy atom. The Morgan fingerprint density at radius 2 is 1.75 bits per heavy atom. The predicted octanol–water partition coefficient (Wildman–Crippen LogP) is 1.59. The van der Waals surface area contributed by atoms with Gasteiger partial charge in [-0.15, -0.1) is 0 Å². The quantitative estimate of drug-likeness (QED) is 0.472. The molecule has 0 aromatic heterocycles. The first kappa shape index (κ1) is 18.3. The average Bonchev–Trinajstić information content (AvgIpc) is 2.53. The number of anilines is 1. The van der Waals surface area contributed by atoms with Gasteiger partial charge in [-0.05, 0) is 29.8 Å². The van der Waals surface area contributed by atoms with Gasteiger partial charge in [-0.2, -0.15) is 0 Å². The Hall–Kier alpha value is -2.09. The van der Waals surface area contributed by atoms with Crippen LogP contribution in [0.2, 0.25) is 0 Å². The molecule has 0 aliphatic rings. The van der Waals surface area contributed by atoms with Gasteiger partial charge in [0.15, 0.2) is 0 Å². The summed E-state index contributed by atoms with van der Waals surface area (Å²) in [5.41, 5.74) is 1.40. The first-order valence-corrected chi connectivity index (χ1v) is 9.47. The maximum atomic E-state index is 11.1. The summed E-state index contributed by atoms with van der Waals surface area (Å²) in [6.45, 7) is 0.974. The van der Waals surface area contributed by atoms with Crippen molar-refractivity contribution < 1.29 is 18.3 Å². The molecule has 130 valence electrons. The first-order valence-electron chi connectivity index (χ1n) is 7.58.